The molecule has 14 heavy (non-hydrogen) atoms. The maximum Gasteiger partial charge on any atom is 0.159 e. The van der Waals surface area contributed by atoms with Gasteiger partial charge in [-0.25, -0.2) is 8.78 Å². The molecule has 2 N–H and O–H groups in total. The lowest BCUT2D eigenvalue weighted by Gasteiger charge is -2.09. The van der Waals surface area contributed by atoms with Gasteiger partial charge in [0.2, 0.25) is 0 Å². The van der Waals surface area contributed by atoms with Crippen molar-refractivity contribution in [1.29, 1.82) is 0 Å². The minimum atomic E-state index is -0.952. The third-order valence-corrected chi connectivity index (χ3v) is 1.79. The lowest BCUT2D eigenvalue weighted by atomic mass is 10.1. The molecule has 0 aromatic heterocycles. The van der Waals surface area contributed by atoms with Crippen LogP contribution in [0.2, 0.25) is 0 Å². The van der Waals surface area contributed by atoms with Gasteiger partial charge in [0, 0.05) is 6.04 Å². The maximum absolute atomic E-state index is 12.7. The van der Waals surface area contributed by atoms with E-state index in [-0.39, 0.29) is 18.8 Å². The molecule has 0 bridgehead atoms. The second kappa shape index (κ2) is 5.88. The molecule has 1 nitrogen and oxygen atoms in total. The average Bonchev–Trinajstić information content (AvgIpc) is 2.10. The molecule has 0 spiro atoms. The van der Waals surface area contributed by atoms with E-state index < -0.39 is 24.4 Å². The van der Waals surface area contributed by atoms with Gasteiger partial charge in [-0.1, -0.05) is 6.07 Å². The number of rotatable bonds is 3. The lowest BCUT2D eigenvalue weighted by molar-refractivity contribution is 0.439. The van der Waals surface area contributed by atoms with Crippen LogP contribution in [0.5, 0.6) is 0 Å². The molecule has 1 rings (SSSR count). The molecule has 0 unspecified atom stereocenters. The summed E-state index contributed by atoms with van der Waals surface area (Å²) >= 11 is 0. The standard InChI is InChI=1S/C9H10F3N.ClH/c10-4-3-9(13)6-1-2-7(11)8(12)5-6;/h1-2,5,9H,3-4,13H2;1H/t9-;/m1./s1. The van der Waals surface area contributed by atoms with Gasteiger partial charge < -0.3 is 5.73 Å². The van der Waals surface area contributed by atoms with Gasteiger partial charge in [-0.15, -0.1) is 12.4 Å². The number of benzene rings is 1. The molecule has 0 amide bonds. The van der Waals surface area contributed by atoms with E-state index in [1.54, 1.807) is 0 Å². The van der Waals surface area contributed by atoms with Crippen LogP contribution < -0.4 is 5.73 Å². The van der Waals surface area contributed by atoms with E-state index in [1.807, 2.05) is 0 Å². The van der Waals surface area contributed by atoms with Gasteiger partial charge in [0.05, 0.1) is 6.67 Å². The minimum absolute atomic E-state index is 0. The zero-order valence-corrected chi connectivity index (χ0v) is 8.16. The first-order chi connectivity index (χ1) is 6.15. The molecule has 0 saturated carbocycles. The number of halogens is 4. The highest BCUT2D eigenvalue weighted by Gasteiger charge is 2.08. The van der Waals surface area contributed by atoms with Crippen molar-refractivity contribution in [3.8, 4) is 0 Å². The van der Waals surface area contributed by atoms with E-state index >= 15 is 0 Å². The second-order valence-electron chi connectivity index (χ2n) is 2.76. The Morgan fingerprint density at radius 1 is 1.21 bits per heavy atom. The van der Waals surface area contributed by atoms with Crippen LogP contribution in [-0.2, 0) is 0 Å². The van der Waals surface area contributed by atoms with Gasteiger partial charge in [-0.2, -0.15) is 0 Å². The van der Waals surface area contributed by atoms with Gasteiger partial charge in [-0.05, 0) is 24.1 Å². The highest BCUT2D eigenvalue weighted by molar-refractivity contribution is 5.85. The largest absolute Gasteiger partial charge is 0.324 e. The monoisotopic (exact) mass is 225 g/mol. The summed E-state index contributed by atoms with van der Waals surface area (Å²) in [4.78, 5) is 0. The van der Waals surface area contributed by atoms with Crippen molar-refractivity contribution in [3.63, 3.8) is 0 Å². The molecule has 0 aliphatic carbocycles. The summed E-state index contributed by atoms with van der Waals surface area (Å²) in [6.45, 7) is -0.569. The summed E-state index contributed by atoms with van der Waals surface area (Å²) in [5, 5.41) is 0. The fourth-order valence-electron chi connectivity index (χ4n) is 1.03. The van der Waals surface area contributed by atoms with E-state index in [0.29, 0.717) is 5.56 Å². The molecular weight excluding hydrogens is 215 g/mol. The molecule has 5 heteroatoms. The van der Waals surface area contributed by atoms with E-state index in [2.05, 4.69) is 0 Å². The summed E-state index contributed by atoms with van der Waals surface area (Å²) in [6, 6.07) is 2.78. The van der Waals surface area contributed by atoms with Gasteiger partial charge in [0.25, 0.3) is 0 Å². The van der Waals surface area contributed by atoms with Crippen molar-refractivity contribution in [2.45, 2.75) is 12.5 Å². The Hall–Kier alpha value is -0.740. The van der Waals surface area contributed by atoms with Crippen LogP contribution in [0.3, 0.4) is 0 Å². The number of hydrogen-bond donors (Lipinski definition) is 1. The third kappa shape index (κ3) is 3.20. The summed E-state index contributed by atoms with van der Waals surface area (Å²) in [5.41, 5.74) is 5.91. The van der Waals surface area contributed by atoms with Crippen molar-refractivity contribution >= 4 is 12.4 Å². The Morgan fingerprint density at radius 3 is 2.36 bits per heavy atom. The second-order valence-corrected chi connectivity index (χ2v) is 2.76. The van der Waals surface area contributed by atoms with E-state index in [1.165, 1.54) is 6.07 Å². The lowest BCUT2D eigenvalue weighted by Crippen LogP contribution is -2.11. The maximum atomic E-state index is 12.7. The summed E-state index contributed by atoms with van der Waals surface area (Å²) in [5.74, 6) is -1.87. The fraction of sp³-hybridized carbons (Fsp3) is 0.333. The molecular formula is C9H11ClF3N. The Balaban J connectivity index is 0.00000169. The van der Waals surface area contributed by atoms with E-state index in [4.69, 9.17) is 5.73 Å². The normalized spacial score (nSPS) is 12.0. The number of nitrogens with two attached hydrogens (primary N) is 1. The van der Waals surface area contributed by atoms with E-state index in [0.717, 1.165) is 12.1 Å². The van der Waals surface area contributed by atoms with Crippen LogP contribution in [0.25, 0.3) is 0 Å². The van der Waals surface area contributed by atoms with E-state index in [9.17, 15) is 13.2 Å². The summed E-state index contributed by atoms with van der Waals surface area (Å²) < 4.78 is 37.0. The fourth-order valence-corrected chi connectivity index (χ4v) is 1.03. The van der Waals surface area contributed by atoms with Gasteiger partial charge in [0.15, 0.2) is 11.6 Å². The predicted molar refractivity (Wildman–Crippen MR) is 51.1 cm³/mol. The van der Waals surface area contributed by atoms with Crippen LogP contribution in [0, 0.1) is 11.6 Å². The first kappa shape index (κ1) is 13.3. The molecule has 0 aliphatic heterocycles. The molecule has 0 saturated heterocycles. The van der Waals surface area contributed by atoms with Crippen molar-refractivity contribution < 1.29 is 13.2 Å². The number of alkyl halides is 1. The molecule has 1 atom stereocenters. The Labute approximate surface area is 86.5 Å². The van der Waals surface area contributed by atoms with Crippen molar-refractivity contribution in [2.75, 3.05) is 6.67 Å². The Morgan fingerprint density at radius 2 is 1.86 bits per heavy atom. The molecule has 80 valence electrons. The molecule has 0 radical (unpaired) electrons. The highest BCUT2D eigenvalue weighted by Crippen LogP contribution is 2.16. The average molecular weight is 226 g/mol. The summed E-state index contributed by atoms with van der Waals surface area (Å²) in [6.07, 6.45) is 0.116. The van der Waals surface area contributed by atoms with Crippen LogP contribution in [0.4, 0.5) is 13.2 Å². The van der Waals surface area contributed by atoms with Crippen molar-refractivity contribution in [2.24, 2.45) is 5.73 Å². The van der Waals surface area contributed by atoms with Crippen LogP contribution in [0.1, 0.15) is 18.0 Å². The van der Waals surface area contributed by atoms with Crippen LogP contribution in [-0.4, -0.2) is 6.67 Å². The minimum Gasteiger partial charge on any atom is -0.324 e. The zero-order valence-electron chi connectivity index (χ0n) is 7.34. The molecule has 1 aromatic rings. The Kier molecular flexibility index (Phi) is 5.57. The Bertz CT molecular complexity index is 293. The van der Waals surface area contributed by atoms with Gasteiger partial charge in [0.1, 0.15) is 0 Å². The zero-order chi connectivity index (χ0) is 9.84. The van der Waals surface area contributed by atoms with Crippen LogP contribution in [0.15, 0.2) is 18.2 Å². The van der Waals surface area contributed by atoms with Gasteiger partial charge >= 0.3 is 0 Å². The first-order valence-electron chi connectivity index (χ1n) is 3.91. The van der Waals surface area contributed by atoms with Gasteiger partial charge in [-0.3, -0.25) is 4.39 Å². The highest BCUT2D eigenvalue weighted by atomic mass is 35.5. The quantitative estimate of drug-likeness (QED) is 0.841. The first-order valence-corrected chi connectivity index (χ1v) is 3.91. The SMILES string of the molecule is Cl.N[C@H](CCF)c1ccc(F)c(F)c1. The molecule has 1 aromatic carbocycles. The smallest absolute Gasteiger partial charge is 0.159 e. The number of hydrogen-bond acceptors (Lipinski definition) is 1. The predicted octanol–water partition coefficient (Wildman–Crippen LogP) is 2.75. The molecule has 0 heterocycles. The summed E-state index contributed by atoms with van der Waals surface area (Å²) in [7, 11) is 0. The van der Waals surface area contributed by atoms with Crippen molar-refractivity contribution in [3.05, 3.63) is 35.4 Å². The van der Waals surface area contributed by atoms with Crippen LogP contribution >= 0.6 is 12.4 Å². The topological polar surface area (TPSA) is 26.0 Å². The third-order valence-electron chi connectivity index (χ3n) is 1.79. The molecule has 0 aliphatic rings. The molecule has 0 fully saturated rings. The van der Waals surface area contributed by atoms with Crippen molar-refractivity contribution in [1.82, 2.24) is 0 Å².